The summed E-state index contributed by atoms with van der Waals surface area (Å²) in [6.07, 6.45) is 5.58. The van der Waals surface area contributed by atoms with Crippen LogP contribution in [0, 0.1) is 0 Å². The lowest BCUT2D eigenvalue weighted by molar-refractivity contribution is -0.0626. The SMILES string of the molecule is CC(C)(C)OC(=O)N1C2CCC1CC(O)(c1cnoc1)C2. The highest BCUT2D eigenvalue weighted by Crippen LogP contribution is 2.46. The third kappa shape index (κ3) is 2.64. The highest BCUT2D eigenvalue weighted by molar-refractivity contribution is 5.69. The Bertz CT molecular complexity index is 506. The number of hydrogen-bond acceptors (Lipinski definition) is 5. The summed E-state index contributed by atoms with van der Waals surface area (Å²) in [5.74, 6) is 0. The van der Waals surface area contributed by atoms with Crippen molar-refractivity contribution in [3.8, 4) is 0 Å². The third-order valence-electron chi connectivity index (χ3n) is 4.34. The molecule has 1 N–H and O–H groups in total. The Morgan fingerprint density at radius 3 is 2.52 bits per heavy atom. The van der Waals surface area contributed by atoms with E-state index in [1.165, 1.54) is 6.26 Å². The van der Waals surface area contributed by atoms with Gasteiger partial charge in [0.15, 0.2) is 0 Å². The van der Waals surface area contributed by atoms with E-state index < -0.39 is 11.2 Å². The zero-order valence-corrected chi connectivity index (χ0v) is 12.7. The Hall–Kier alpha value is -1.56. The van der Waals surface area contributed by atoms with Crippen LogP contribution >= 0.6 is 0 Å². The van der Waals surface area contributed by atoms with Gasteiger partial charge in [-0.1, -0.05) is 5.16 Å². The van der Waals surface area contributed by atoms with E-state index in [-0.39, 0.29) is 18.2 Å². The molecule has 0 saturated carbocycles. The van der Waals surface area contributed by atoms with Crippen molar-refractivity contribution < 1.29 is 19.2 Å². The Morgan fingerprint density at radius 2 is 2.05 bits per heavy atom. The van der Waals surface area contributed by atoms with Crippen molar-refractivity contribution in [3.05, 3.63) is 18.0 Å². The zero-order valence-electron chi connectivity index (χ0n) is 12.7. The minimum atomic E-state index is -0.954. The van der Waals surface area contributed by atoms with E-state index in [0.29, 0.717) is 18.4 Å². The summed E-state index contributed by atoms with van der Waals surface area (Å²) >= 11 is 0. The number of hydrogen-bond donors (Lipinski definition) is 1. The normalized spacial score (nSPS) is 32.3. The smallest absolute Gasteiger partial charge is 0.410 e. The standard InChI is InChI=1S/C15H22N2O4/c1-14(2,3)21-13(18)17-11-4-5-12(17)7-15(19,6-11)10-8-16-20-9-10/h8-9,11-12,19H,4-7H2,1-3H3. The second kappa shape index (κ2) is 4.73. The highest BCUT2D eigenvalue weighted by Gasteiger charge is 2.51. The molecule has 1 amide bonds. The van der Waals surface area contributed by atoms with Crippen LogP contribution < -0.4 is 0 Å². The van der Waals surface area contributed by atoms with Gasteiger partial charge in [-0.2, -0.15) is 0 Å². The van der Waals surface area contributed by atoms with Crippen molar-refractivity contribution in [2.75, 3.05) is 0 Å². The van der Waals surface area contributed by atoms with Crippen LogP contribution in [0.4, 0.5) is 4.79 Å². The summed E-state index contributed by atoms with van der Waals surface area (Å²) in [5.41, 5.74) is -0.758. The van der Waals surface area contributed by atoms with Crippen molar-refractivity contribution in [1.29, 1.82) is 0 Å². The van der Waals surface area contributed by atoms with Crippen molar-refractivity contribution >= 4 is 6.09 Å². The molecular formula is C15H22N2O4. The first-order valence-corrected chi connectivity index (χ1v) is 7.42. The van der Waals surface area contributed by atoms with Gasteiger partial charge in [-0.25, -0.2) is 4.79 Å². The zero-order chi connectivity index (χ0) is 15.3. The van der Waals surface area contributed by atoms with Crippen LogP contribution in [0.5, 0.6) is 0 Å². The fourth-order valence-corrected chi connectivity index (χ4v) is 3.51. The number of amides is 1. The topological polar surface area (TPSA) is 75.8 Å². The predicted octanol–water partition coefficient (Wildman–Crippen LogP) is 2.42. The van der Waals surface area contributed by atoms with Crippen molar-refractivity contribution in [3.63, 3.8) is 0 Å². The van der Waals surface area contributed by atoms with E-state index >= 15 is 0 Å². The third-order valence-corrected chi connectivity index (χ3v) is 4.34. The first-order valence-electron chi connectivity index (χ1n) is 7.42. The Kier molecular flexibility index (Phi) is 3.24. The molecule has 3 heterocycles. The van der Waals surface area contributed by atoms with Crippen LogP contribution in [-0.4, -0.2) is 38.9 Å². The molecule has 2 aliphatic rings. The van der Waals surface area contributed by atoms with Crippen LogP contribution in [0.2, 0.25) is 0 Å². The van der Waals surface area contributed by atoms with Gasteiger partial charge in [0.1, 0.15) is 11.9 Å². The average molecular weight is 294 g/mol. The van der Waals surface area contributed by atoms with E-state index in [1.54, 1.807) is 6.20 Å². The van der Waals surface area contributed by atoms with Gasteiger partial charge in [0, 0.05) is 30.5 Å². The Morgan fingerprint density at radius 1 is 1.43 bits per heavy atom. The second-order valence-electron chi connectivity index (χ2n) is 7.13. The summed E-state index contributed by atoms with van der Waals surface area (Å²) in [5, 5.41) is 14.5. The number of carbonyl (C=O) groups excluding carboxylic acids is 1. The molecule has 0 aliphatic carbocycles. The highest BCUT2D eigenvalue weighted by atomic mass is 16.6. The molecule has 2 aliphatic heterocycles. The number of carbonyl (C=O) groups is 1. The number of aromatic nitrogens is 1. The van der Waals surface area contributed by atoms with Crippen LogP contribution in [0.25, 0.3) is 0 Å². The molecule has 1 aromatic rings. The summed E-state index contributed by atoms with van der Waals surface area (Å²) in [6, 6.07) is 0.0250. The molecule has 2 atom stereocenters. The lowest BCUT2D eigenvalue weighted by Gasteiger charge is -2.43. The predicted molar refractivity (Wildman–Crippen MR) is 74.5 cm³/mol. The molecule has 21 heavy (non-hydrogen) atoms. The summed E-state index contributed by atoms with van der Waals surface area (Å²) < 4.78 is 10.3. The molecule has 0 aromatic carbocycles. The number of rotatable bonds is 1. The molecule has 1 aromatic heterocycles. The minimum Gasteiger partial charge on any atom is -0.444 e. The molecule has 0 spiro atoms. The Balaban J connectivity index is 1.77. The van der Waals surface area contributed by atoms with Gasteiger partial charge in [-0.3, -0.25) is 0 Å². The summed E-state index contributed by atoms with van der Waals surface area (Å²) in [6.45, 7) is 5.60. The fraction of sp³-hybridized carbons (Fsp3) is 0.733. The lowest BCUT2D eigenvalue weighted by atomic mass is 9.82. The van der Waals surface area contributed by atoms with E-state index in [0.717, 1.165) is 12.8 Å². The van der Waals surface area contributed by atoms with Crippen molar-refractivity contribution in [2.45, 2.75) is 69.7 Å². The largest absolute Gasteiger partial charge is 0.444 e. The molecule has 6 heteroatoms. The molecule has 0 radical (unpaired) electrons. The molecular weight excluding hydrogens is 272 g/mol. The number of fused-ring (bicyclic) bond motifs is 2. The molecule has 2 unspecified atom stereocenters. The molecule has 3 rings (SSSR count). The van der Waals surface area contributed by atoms with Gasteiger partial charge in [0.2, 0.25) is 0 Å². The van der Waals surface area contributed by atoms with Gasteiger partial charge in [-0.15, -0.1) is 0 Å². The number of aliphatic hydroxyl groups is 1. The van der Waals surface area contributed by atoms with E-state index in [9.17, 15) is 9.90 Å². The summed E-state index contributed by atoms with van der Waals surface area (Å²) in [4.78, 5) is 14.2. The van der Waals surface area contributed by atoms with Gasteiger partial charge < -0.3 is 19.3 Å². The van der Waals surface area contributed by atoms with E-state index in [4.69, 9.17) is 9.26 Å². The van der Waals surface area contributed by atoms with Gasteiger partial charge in [0.25, 0.3) is 0 Å². The average Bonchev–Trinajstić information content (AvgIpc) is 2.95. The number of piperidine rings is 1. The van der Waals surface area contributed by atoms with Crippen LogP contribution in [-0.2, 0) is 10.3 Å². The fourth-order valence-electron chi connectivity index (χ4n) is 3.51. The quantitative estimate of drug-likeness (QED) is 0.861. The van der Waals surface area contributed by atoms with Gasteiger partial charge >= 0.3 is 6.09 Å². The maximum atomic E-state index is 12.4. The lowest BCUT2D eigenvalue weighted by Crippen LogP contribution is -2.53. The Labute approximate surface area is 124 Å². The second-order valence-corrected chi connectivity index (χ2v) is 7.13. The van der Waals surface area contributed by atoms with E-state index in [2.05, 4.69) is 5.16 Å². The van der Waals surface area contributed by atoms with Crippen LogP contribution in [0.1, 0.15) is 52.0 Å². The first kappa shape index (κ1) is 14.4. The van der Waals surface area contributed by atoms with Crippen molar-refractivity contribution in [2.24, 2.45) is 0 Å². The van der Waals surface area contributed by atoms with Crippen molar-refractivity contribution in [1.82, 2.24) is 10.1 Å². The van der Waals surface area contributed by atoms with Gasteiger partial charge in [0.05, 0.1) is 11.8 Å². The molecule has 2 fully saturated rings. The van der Waals surface area contributed by atoms with Gasteiger partial charge in [-0.05, 0) is 33.6 Å². The number of ether oxygens (including phenoxy) is 1. The maximum absolute atomic E-state index is 12.4. The monoisotopic (exact) mass is 294 g/mol. The van der Waals surface area contributed by atoms with E-state index in [1.807, 2.05) is 25.7 Å². The van der Waals surface area contributed by atoms with Crippen LogP contribution in [0.15, 0.2) is 17.0 Å². The summed E-state index contributed by atoms with van der Waals surface area (Å²) in [7, 11) is 0. The number of nitrogens with zero attached hydrogens (tertiary/aromatic N) is 2. The minimum absolute atomic E-state index is 0.0125. The molecule has 2 bridgehead atoms. The maximum Gasteiger partial charge on any atom is 0.410 e. The molecule has 2 saturated heterocycles. The van der Waals surface area contributed by atoms with Crippen LogP contribution in [0.3, 0.4) is 0 Å². The molecule has 6 nitrogen and oxygen atoms in total. The first-order chi connectivity index (χ1) is 9.78. The molecule has 116 valence electrons.